The first-order valence-corrected chi connectivity index (χ1v) is 10.7. The summed E-state index contributed by atoms with van der Waals surface area (Å²) in [6, 6.07) is 3.82. The van der Waals surface area contributed by atoms with E-state index in [4.69, 9.17) is 30.9 Å². The normalized spacial score (nSPS) is 29.5. The molecule has 0 radical (unpaired) electrons. The Labute approximate surface area is 185 Å². The zero-order valence-corrected chi connectivity index (χ0v) is 17.8. The highest BCUT2D eigenvalue weighted by Crippen LogP contribution is 2.41. The average Bonchev–Trinajstić information content (AvgIpc) is 2.85. The molecule has 9 heteroatoms. The maximum Gasteiger partial charge on any atom is 0.329 e. The second kappa shape index (κ2) is 11.2. The van der Waals surface area contributed by atoms with Crippen molar-refractivity contribution >= 4 is 17.6 Å². The Morgan fingerprint density at radius 3 is 2.90 bits per heavy atom. The molecule has 172 valence electrons. The average molecular weight is 459 g/mol. The van der Waals surface area contributed by atoms with Crippen LogP contribution in [-0.4, -0.2) is 66.0 Å². The van der Waals surface area contributed by atoms with Crippen molar-refractivity contribution < 1.29 is 38.7 Å². The van der Waals surface area contributed by atoms with Crippen LogP contribution in [0.2, 0.25) is 5.02 Å². The lowest BCUT2D eigenvalue weighted by atomic mass is 9.87. The third-order valence-electron chi connectivity index (χ3n) is 5.74. The molecule has 31 heavy (non-hydrogen) atoms. The highest BCUT2D eigenvalue weighted by Gasteiger charge is 2.43. The minimum atomic E-state index is -0.997. The van der Waals surface area contributed by atoms with Crippen LogP contribution in [0.25, 0.3) is 0 Å². The number of carboxylic acid groups (broad SMARTS) is 1. The van der Waals surface area contributed by atoms with E-state index in [1.54, 1.807) is 12.2 Å². The topological polar surface area (TPSA) is 105 Å². The van der Waals surface area contributed by atoms with E-state index in [0.717, 1.165) is 12.8 Å². The lowest BCUT2D eigenvalue weighted by Gasteiger charge is -2.21. The van der Waals surface area contributed by atoms with E-state index in [2.05, 4.69) is 0 Å². The van der Waals surface area contributed by atoms with Crippen molar-refractivity contribution in [2.45, 2.75) is 37.6 Å². The highest BCUT2D eigenvalue weighted by molar-refractivity contribution is 6.30. The van der Waals surface area contributed by atoms with Gasteiger partial charge in [-0.15, -0.1) is 0 Å². The highest BCUT2D eigenvalue weighted by atomic mass is 35.5. The van der Waals surface area contributed by atoms with Gasteiger partial charge < -0.3 is 29.5 Å². The molecule has 0 unspecified atom stereocenters. The number of fused-ring (bicyclic) bond motifs is 1. The van der Waals surface area contributed by atoms with E-state index in [9.17, 15) is 19.4 Å². The Morgan fingerprint density at radius 2 is 2.16 bits per heavy atom. The molecule has 1 heterocycles. The van der Waals surface area contributed by atoms with E-state index in [1.807, 2.05) is 0 Å². The van der Waals surface area contributed by atoms with E-state index in [1.165, 1.54) is 18.2 Å². The van der Waals surface area contributed by atoms with Crippen LogP contribution in [0.1, 0.15) is 19.3 Å². The van der Waals surface area contributed by atoms with E-state index >= 15 is 0 Å². The van der Waals surface area contributed by atoms with E-state index in [-0.39, 0.29) is 47.8 Å². The lowest BCUT2D eigenvalue weighted by Crippen LogP contribution is -2.22. The molecule has 1 aliphatic heterocycles. The van der Waals surface area contributed by atoms with Gasteiger partial charge in [-0.2, -0.15) is 0 Å². The van der Waals surface area contributed by atoms with Gasteiger partial charge in [0.05, 0.1) is 25.4 Å². The third kappa shape index (κ3) is 7.15. The van der Waals surface area contributed by atoms with E-state index in [0.29, 0.717) is 19.6 Å². The number of aliphatic hydroxyl groups excluding tert-OH is 2. The Morgan fingerprint density at radius 1 is 1.35 bits per heavy atom. The summed E-state index contributed by atoms with van der Waals surface area (Å²) in [5.41, 5.74) is 0. The van der Waals surface area contributed by atoms with Gasteiger partial charge in [0.15, 0.2) is 0 Å². The molecule has 2 fully saturated rings. The standard InChI is InChI=1S/C22H28ClFO7/c23-14-5-15(24)7-17(6-14)30-11-16(25)2-4-18-19-3-1-13(9-29-12-22(27)28)10-31-21(19)8-20(18)26/h2,4-7,13,16,18-21,25-26H,1,3,8-12H2,(H,27,28)/b4-2+/t13-,16-,18-,19-,20-,21+/m1/s1. The summed E-state index contributed by atoms with van der Waals surface area (Å²) in [6.07, 6.45) is 3.92. The largest absolute Gasteiger partial charge is 0.490 e. The zero-order chi connectivity index (χ0) is 22.4. The van der Waals surface area contributed by atoms with Crippen LogP contribution in [0, 0.1) is 23.6 Å². The van der Waals surface area contributed by atoms with Gasteiger partial charge in [-0.25, -0.2) is 9.18 Å². The van der Waals surface area contributed by atoms with Gasteiger partial charge in [-0.3, -0.25) is 0 Å². The monoisotopic (exact) mass is 458 g/mol. The molecule has 3 rings (SSSR count). The van der Waals surface area contributed by atoms with Crippen molar-refractivity contribution in [3.63, 3.8) is 0 Å². The van der Waals surface area contributed by atoms with Gasteiger partial charge in [-0.1, -0.05) is 23.8 Å². The molecule has 1 aromatic rings. The van der Waals surface area contributed by atoms with Crippen molar-refractivity contribution in [3.05, 3.63) is 41.2 Å². The first kappa shape index (κ1) is 23.9. The number of aliphatic hydroxyl groups is 2. The summed E-state index contributed by atoms with van der Waals surface area (Å²) in [4.78, 5) is 10.6. The Balaban J connectivity index is 1.50. The molecule has 1 aromatic carbocycles. The molecule has 3 N–H and O–H groups in total. The van der Waals surface area contributed by atoms with Crippen LogP contribution < -0.4 is 4.74 Å². The maximum atomic E-state index is 13.4. The van der Waals surface area contributed by atoms with Gasteiger partial charge in [0.1, 0.15) is 30.9 Å². The fourth-order valence-corrected chi connectivity index (χ4v) is 4.48. The quantitative estimate of drug-likeness (QED) is 0.488. The van der Waals surface area contributed by atoms with Crippen LogP contribution >= 0.6 is 11.6 Å². The second-order valence-corrected chi connectivity index (χ2v) is 8.57. The summed E-state index contributed by atoms with van der Waals surface area (Å²) < 4.78 is 29.9. The number of aliphatic carboxylic acids is 1. The molecule has 2 aliphatic rings. The van der Waals surface area contributed by atoms with Crippen LogP contribution in [0.3, 0.4) is 0 Å². The number of halogens is 2. The molecule has 1 aliphatic carbocycles. The number of hydrogen-bond acceptors (Lipinski definition) is 6. The SMILES string of the molecule is O=C(O)COC[C@H]1CC[C@@H]2[C@@H](/C=C/[C@@H](O)COc3cc(F)cc(Cl)c3)[C@H](O)C[C@@H]2OC1. The van der Waals surface area contributed by atoms with Crippen LogP contribution in [-0.2, 0) is 14.3 Å². The van der Waals surface area contributed by atoms with Crippen molar-refractivity contribution in [2.24, 2.45) is 17.8 Å². The molecule has 0 spiro atoms. The van der Waals surface area contributed by atoms with Crippen molar-refractivity contribution in [3.8, 4) is 5.75 Å². The van der Waals surface area contributed by atoms with Crippen LogP contribution in [0.15, 0.2) is 30.4 Å². The predicted molar refractivity (Wildman–Crippen MR) is 111 cm³/mol. The fourth-order valence-electron chi connectivity index (χ4n) is 4.27. The third-order valence-corrected chi connectivity index (χ3v) is 5.95. The molecular weight excluding hydrogens is 431 g/mol. The van der Waals surface area contributed by atoms with Gasteiger partial charge in [0.2, 0.25) is 0 Å². The van der Waals surface area contributed by atoms with Gasteiger partial charge >= 0.3 is 5.97 Å². The van der Waals surface area contributed by atoms with Crippen LogP contribution in [0.4, 0.5) is 4.39 Å². The summed E-state index contributed by atoms with van der Waals surface area (Å²) in [6.45, 7) is 0.396. The first-order chi connectivity index (χ1) is 14.8. The molecule has 1 saturated heterocycles. The summed E-state index contributed by atoms with van der Waals surface area (Å²) >= 11 is 5.79. The molecule has 0 aromatic heterocycles. The predicted octanol–water partition coefficient (Wildman–Crippen LogP) is 2.67. The molecular formula is C22H28ClFO7. The first-order valence-electron chi connectivity index (χ1n) is 10.4. The molecule has 0 bridgehead atoms. The number of rotatable bonds is 9. The van der Waals surface area contributed by atoms with Crippen molar-refractivity contribution in [1.29, 1.82) is 0 Å². The second-order valence-electron chi connectivity index (χ2n) is 8.14. The van der Waals surface area contributed by atoms with Crippen molar-refractivity contribution in [2.75, 3.05) is 26.4 Å². The minimum Gasteiger partial charge on any atom is -0.490 e. The summed E-state index contributed by atoms with van der Waals surface area (Å²) in [5.74, 6) is -1.24. The number of carbonyl (C=O) groups is 1. The van der Waals surface area contributed by atoms with Crippen molar-refractivity contribution in [1.82, 2.24) is 0 Å². The smallest absolute Gasteiger partial charge is 0.329 e. The fraction of sp³-hybridized carbons (Fsp3) is 0.591. The molecule has 7 nitrogen and oxygen atoms in total. The Bertz CT molecular complexity index is 754. The van der Waals surface area contributed by atoms with Gasteiger partial charge in [0.25, 0.3) is 0 Å². The minimum absolute atomic E-state index is 0.0767. The molecule has 1 saturated carbocycles. The molecule has 6 atom stereocenters. The Kier molecular flexibility index (Phi) is 8.68. The number of carboxylic acids is 1. The Hall–Kier alpha value is -1.71. The number of benzene rings is 1. The molecule has 0 amide bonds. The zero-order valence-electron chi connectivity index (χ0n) is 17.0. The van der Waals surface area contributed by atoms with Crippen LogP contribution in [0.5, 0.6) is 5.75 Å². The maximum absolute atomic E-state index is 13.4. The van der Waals surface area contributed by atoms with Gasteiger partial charge in [-0.05, 0) is 30.9 Å². The number of hydrogen-bond donors (Lipinski definition) is 3. The summed E-state index contributed by atoms with van der Waals surface area (Å²) in [7, 11) is 0. The summed E-state index contributed by atoms with van der Waals surface area (Å²) in [5, 5.41) is 29.6. The van der Waals surface area contributed by atoms with E-state index < -0.39 is 24.0 Å². The number of ether oxygens (including phenoxy) is 3. The lowest BCUT2D eigenvalue weighted by molar-refractivity contribution is -0.143. The van der Waals surface area contributed by atoms with Gasteiger partial charge in [0, 0.05) is 29.3 Å².